The van der Waals surface area contributed by atoms with Crippen LogP contribution in [0.4, 0.5) is 0 Å². The van der Waals surface area contributed by atoms with Gasteiger partial charge in [-0.15, -0.1) is 0 Å². The van der Waals surface area contributed by atoms with E-state index in [2.05, 4.69) is 37.4 Å². The molecule has 2 aromatic rings. The van der Waals surface area contributed by atoms with E-state index in [4.69, 9.17) is 4.74 Å². The molecule has 3 rings (SSSR count). The van der Waals surface area contributed by atoms with Gasteiger partial charge in [0.15, 0.2) is 6.19 Å². The summed E-state index contributed by atoms with van der Waals surface area (Å²) in [4.78, 5) is 1.81. The third-order valence-corrected chi connectivity index (χ3v) is 4.12. The number of benzene rings is 2. The highest BCUT2D eigenvalue weighted by molar-refractivity contribution is 5.36. The summed E-state index contributed by atoms with van der Waals surface area (Å²) in [6.07, 6.45) is 3.17. The van der Waals surface area contributed by atoms with Crippen LogP contribution in [-0.4, -0.2) is 17.5 Å². The van der Waals surface area contributed by atoms with Crippen molar-refractivity contribution in [1.82, 2.24) is 4.90 Å². The van der Waals surface area contributed by atoms with Gasteiger partial charge >= 0.3 is 0 Å². The van der Waals surface area contributed by atoms with Gasteiger partial charge in [-0.2, -0.15) is 5.26 Å². The van der Waals surface area contributed by atoms with Crippen LogP contribution >= 0.6 is 0 Å². The molecule has 112 valence electrons. The summed E-state index contributed by atoms with van der Waals surface area (Å²) < 4.78 is 6.34. The molecule has 1 aliphatic heterocycles. The first-order valence-corrected chi connectivity index (χ1v) is 7.71. The van der Waals surface area contributed by atoms with Crippen LogP contribution in [0.5, 0.6) is 0 Å². The summed E-state index contributed by atoms with van der Waals surface area (Å²) in [5.74, 6) is 0. The van der Waals surface area contributed by atoms with Crippen LogP contribution in [0.15, 0.2) is 54.6 Å². The Bertz CT molecular complexity index is 663. The Kier molecular flexibility index (Phi) is 4.41. The van der Waals surface area contributed by atoms with Crippen LogP contribution in [0, 0.1) is 11.5 Å². The number of nitrogens with zero attached hydrogens (tertiary/aromatic N) is 2. The fourth-order valence-corrected chi connectivity index (χ4v) is 2.90. The molecular formula is C19H20N2O. The summed E-state index contributed by atoms with van der Waals surface area (Å²) in [6, 6.07) is 18.6. The zero-order chi connectivity index (χ0) is 15.4. The topological polar surface area (TPSA) is 36.3 Å². The zero-order valence-corrected chi connectivity index (χ0v) is 12.8. The smallest absolute Gasteiger partial charge is 0.179 e. The average Bonchev–Trinajstić information content (AvgIpc) is 2.64. The SMILES string of the molecule is C[C@H]1CCN(C#N)Cc2ccccc2[C@@H](c2ccccc2)O1. The van der Waals surface area contributed by atoms with Crippen LogP contribution in [-0.2, 0) is 11.3 Å². The second-order valence-electron chi connectivity index (χ2n) is 5.75. The molecule has 0 amide bonds. The van der Waals surface area contributed by atoms with Crippen molar-refractivity contribution in [1.29, 1.82) is 5.26 Å². The molecule has 0 aromatic heterocycles. The average molecular weight is 292 g/mol. The van der Waals surface area contributed by atoms with E-state index in [0.29, 0.717) is 6.54 Å². The molecule has 1 aliphatic rings. The number of rotatable bonds is 1. The van der Waals surface area contributed by atoms with Gasteiger partial charge in [0.1, 0.15) is 6.10 Å². The maximum absolute atomic E-state index is 9.33. The van der Waals surface area contributed by atoms with Crippen LogP contribution < -0.4 is 0 Å². The van der Waals surface area contributed by atoms with Gasteiger partial charge in [-0.05, 0) is 30.0 Å². The lowest BCUT2D eigenvalue weighted by Gasteiger charge is -2.23. The van der Waals surface area contributed by atoms with Crippen molar-refractivity contribution in [2.24, 2.45) is 0 Å². The van der Waals surface area contributed by atoms with Crippen LogP contribution in [0.2, 0.25) is 0 Å². The normalized spacial score (nSPS) is 21.9. The second kappa shape index (κ2) is 6.64. The Labute approximate surface area is 131 Å². The molecular weight excluding hydrogens is 272 g/mol. The summed E-state index contributed by atoms with van der Waals surface area (Å²) in [6.45, 7) is 3.46. The van der Waals surface area contributed by atoms with Crippen LogP contribution in [0.3, 0.4) is 0 Å². The second-order valence-corrected chi connectivity index (χ2v) is 5.75. The lowest BCUT2D eigenvalue weighted by Crippen LogP contribution is -2.21. The van der Waals surface area contributed by atoms with Gasteiger partial charge in [0.2, 0.25) is 0 Å². The van der Waals surface area contributed by atoms with Gasteiger partial charge in [-0.25, -0.2) is 0 Å². The Morgan fingerprint density at radius 2 is 1.82 bits per heavy atom. The minimum atomic E-state index is -0.0777. The summed E-state index contributed by atoms with van der Waals surface area (Å²) in [5.41, 5.74) is 3.47. The number of ether oxygens (including phenoxy) is 1. The Balaban J connectivity index is 2.06. The molecule has 0 bridgehead atoms. The van der Waals surface area contributed by atoms with E-state index < -0.39 is 0 Å². The Morgan fingerprint density at radius 3 is 2.59 bits per heavy atom. The van der Waals surface area contributed by atoms with E-state index in [0.717, 1.165) is 29.7 Å². The highest BCUT2D eigenvalue weighted by Crippen LogP contribution is 2.32. The first-order valence-electron chi connectivity index (χ1n) is 7.71. The number of hydrogen-bond acceptors (Lipinski definition) is 3. The van der Waals surface area contributed by atoms with Gasteiger partial charge in [0.05, 0.1) is 12.6 Å². The highest BCUT2D eigenvalue weighted by atomic mass is 16.5. The quantitative estimate of drug-likeness (QED) is 0.749. The first-order chi connectivity index (χ1) is 10.8. The van der Waals surface area contributed by atoms with Gasteiger partial charge in [0, 0.05) is 6.54 Å². The van der Waals surface area contributed by atoms with Crippen molar-refractivity contribution < 1.29 is 4.74 Å². The molecule has 0 radical (unpaired) electrons. The predicted molar refractivity (Wildman–Crippen MR) is 85.9 cm³/mol. The molecule has 3 heteroatoms. The lowest BCUT2D eigenvalue weighted by molar-refractivity contribution is 0.0138. The summed E-state index contributed by atoms with van der Waals surface area (Å²) in [5, 5.41) is 9.33. The molecule has 0 fully saturated rings. The van der Waals surface area contributed by atoms with Gasteiger partial charge < -0.3 is 9.64 Å². The fourth-order valence-electron chi connectivity index (χ4n) is 2.90. The Hall–Kier alpha value is -2.31. The van der Waals surface area contributed by atoms with E-state index >= 15 is 0 Å². The first kappa shape index (κ1) is 14.6. The van der Waals surface area contributed by atoms with Crippen molar-refractivity contribution in [2.75, 3.05) is 6.54 Å². The molecule has 2 aromatic carbocycles. The van der Waals surface area contributed by atoms with Crippen molar-refractivity contribution in [3.8, 4) is 6.19 Å². The van der Waals surface area contributed by atoms with Crippen LogP contribution in [0.25, 0.3) is 0 Å². The Morgan fingerprint density at radius 1 is 1.09 bits per heavy atom. The zero-order valence-electron chi connectivity index (χ0n) is 12.8. The molecule has 0 aliphatic carbocycles. The molecule has 0 unspecified atom stereocenters. The van der Waals surface area contributed by atoms with E-state index in [1.165, 1.54) is 0 Å². The van der Waals surface area contributed by atoms with Gasteiger partial charge in [0.25, 0.3) is 0 Å². The maximum atomic E-state index is 9.33. The standard InChI is InChI=1S/C19H20N2O/c1-15-11-12-21(14-20)13-17-9-5-6-10-18(17)19(22-15)16-7-3-2-4-8-16/h2-10,15,19H,11-13H2,1H3/t15-,19+/m0/s1. The van der Waals surface area contributed by atoms with E-state index in [-0.39, 0.29) is 12.2 Å². The van der Waals surface area contributed by atoms with Crippen molar-refractivity contribution >= 4 is 0 Å². The molecule has 0 spiro atoms. The minimum absolute atomic E-state index is 0.0777. The fraction of sp³-hybridized carbons (Fsp3) is 0.316. The molecule has 2 atom stereocenters. The molecule has 0 N–H and O–H groups in total. The number of fused-ring (bicyclic) bond motifs is 1. The van der Waals surface area contributed by atoms with Gasteiger partial charge in [-0.1, -0.05) is 54.6 Å². The monoisotopic (exact) mass is 292 g/mol. The summed E-state index contributed by atoms with van der Waals surface area (Å²) >= 11 is 0. The molecule has 3 nitrogen and oxygen atoms in total. The lowest BCUT2D eigenvalue weighted by atomic mass is 9.96. The predicted octanol–water partition coefficient (Wildman–Crippen LogP) is 3.87. The molecule has 1 heterocycles. The molecule has 22 heavy (non-hydrogen) atoms. The third kappa shape index (κ3) is 3.13. The summed E-state index contributed by atoms with van der Waals surface area (Å²) in [7, 11) is 0. The highest BCUT2D eigenvalue weighted by Gasteiger charge is 2.23. The van der Waals surface area contributed by atoms with E-state index in [1.807, 2.05) is 35.2 Å². The third-order valence-electron chi connectivity index (χ3n) is 4.12. The van der Waals surface area contributed by atoms with Crippen LogP contribution in [0.1, 0.15) is 36.1 Å². The minimum Gasteiger partial charge on any atom is -0.366 e. The van der Waals surface area contributed by atoms with Gasteiger partial charge in [-0.3, -0.25) is 0 Å². The molecule has 0 saturated heterocycles. The largest absolute Gasteiger partial charge is 0.366 e. The van der Waals surface area contributed by atoms with E-state index in [1.54, 1.807) is 0 Å². The van der Waals surface area contributed by atoms with Crippen molar-refractivity contribution in [2.45, 2.75) is 32.1 Å². The van der Waals surface area contributed by atoms with Crippen molar-refractivity contribution in [3.63, 3.8) is 0 Å². The molecule has 0 saturated carbocycles. The maximum Gasteiger partial charge on any atom is 0.179 e. The number of nitriles is 1. The number of hydrogen-bond donors (Lipinski definition) is 0. The van der Waals surface area contributed by atoms with Crippen molar-refractivity contribution in [3.05, 3.63) is 71.3 Å². The van der Waals surface area contributed by atoms with E-state index in [9.17, 15) is 5.26 Å².